The molecule has 2 N–H and O–H groups in total. The molecule has 5 heteroatoms. The van der Waals surface area contributed by atoms with Crippen molar-refractivity contribution in [2.75, 3.05) is 6.54 Å². The molecule has 3 rings (SSSR count). The molecule has 0 bridgehead atoms. The van der Waals surface area contributed by atoms with Crippen LogP contribution in [0.5, 0.6) is 0 Å². The van der Waals surface area contributed by atoms with E-state index in [4.69, 9.17) is 4.42 Å². The van der Waals surface area contributed by atoms with E-state index in [1.807, 2.05) is 19.1 Å². The van der Waals surface area contributed by atoms with Gasteiger partial charge in [0.25, 0.3) is 0 Å². The van der Waals surface area contributed by atoms with E-state index in [2.05, 4.69) is 31.4 Å². The van der Waals surface area contributed by atoms with E-state index in [9.17, 15) is 0 Å². The number of halogens is 1. The lowest BCUT2D eigenvalue weighted by molar-refractivity contribution is 0.546. The maximum atomic E-state index is 5.59. The van der Waals surface area contributed by atoms with Crippen molar-refractivity contribution in [3.63, 3.8) is 0 Å². The summed E-state index contributed by atoms with van der Waals surface area (Å²) in [7, 11) is 0. The first-order valence-electron chi connectivity index (χ1n) is 5.79. The SMILES string of the molecule is Cc1ccc(-c2n[nH]c(C3CCCN3)c2Br)o1. The third-order valence-electron chi connectivity index (χ3n) is 3.12. The summed E-state index contributed by atoms with van der Waals surface area (Å²) in [6.45, 7) is 3.01. The summed E-state index contributed by atoms with van der Waals surface area (Å²) in [5.41, 5.74) is 1.97. The van der Waals surface area contributed by atoms with Crippen LogP contribution < -0.4 is 5.32 Å². The van der Waals surface area contributed by atoms with Gasteiger partial charge in [-0.05, 0) is 54.4 Å². The topological polar surface area (TPSA) is 53.9 Å². The normalized spacial score (nSPS) is 20.0. The van der Waals surface area contributed by atoms with Crippen molar-refractivity contribution in [2.24, 2.45) is 0 Å². The predicted molar refractivity (Wildman–Crippen MR) is 68.7 cm³/mol. The molecule has 2 aromatic rings. The first kappa shape index (κ1) is 11.0. The molecule has 4 nitrogen and oxygen atoms in total. The Labute approximate surface area is 108 Å². The van der Waals surface area contributed by atoms with Gasteiger partial charge in [0.1, 0.15) is 11.5 Å². The Bertz CT molecular complexity index is 526. The highest BCUT2D eigenvalue weighted by Crippen LogP contribution is 2.35. The van der Waals surface area contributed by atoms with Crippen molar-refractivity contribution in [3.05, 3.63) is 28.1 Å². The first-order valence-corrected chi connectivity index (χ1v) is 6.59. The van der Waals surface area contributed by atoms with E-state index >= 15 is 0 Å². The van der Waals surface area contributed by atoms with Gasteiger partial charge in [0.15, 0.2) is 5.76 Å². The molecule has 1 saturated heterocycles. The molecule has 0 amide bonds. The van der Waals surface area contributed by atoms with Gasteiger partial charge in [0.05, 0.1) is 16.2 Å². The largest absolute Gasteiger partial charge is 0.460 e. The number of furan rings is 1. The lowest BCUT2D eigenvalue weighted by atomic mass is 10.1. The summed E-state index contributed by atoms with van der Waals surface area (Å²) in [4.78, 5) is 0. The lowest BCUT2D eigenvalue weighted by Gasteiger charge is -2.07. The maximum Gasteiger partial charge on any atom is 0.155 e. The molecule has 0 radical (unpaired) electrons. The molecule has 0 saturated carbocycles. The van der Waals surface area contributed by atoms with Crippen LogP contribution in [0, 0.1) is 6.92 Å². The van der Waals surface area contributed by atoms with E-state index < -0.39 is 0 Å². The molecular weight excluding hydrogens is 282 g/mol. The molecule has 0 spiro atoms. The summed E-state index contributed by atoms with van der Waals surface area (Å²) < 4.78 is 6.60. The predicted octanol–water partition coefficient (Wildman–Crippen LogP) is 3.17. The molecule has 90 valence electrons. The van der Waals surface area contributed by atoms with E-state index in [1.165, 1.54) is 6.42 Å². The van der Waals surface area contributed by atoms with Crippen molar-refractivity contribution in [1.82, 2.24) is 15.5 Å². The van der Waals surface area contributed by atoms with Gasteiger partial charge in [-0.2, -0.15) is 5.10 Å². The number of H-pyrrole nitrogens is 1. The van der Waals surface area contributed by atoms with Gasteiger partial charge < -0.3 is 9.73 Å². The van der Waals surface area contributed by atoms with Crippen molar-refractivity contribution in [1.29, 1.82) is 0 Å². The van der Waals surface area contributed by atoms with Crippen molar-refractivity contribution in [2.45, 2.75) is 25.8 Å². The molecule has 1 unspecified atom stereocenters. The quantitative estimate of drug-likeness (QED) is 0.895. The van der Waals surface area contributed by atoms with Gasteiger partial charge >= 0.3 is 0 Å². The average molecular weight is 296 g/mol. The summed E-state index contributed by atoms with van der Waals surface area (Å²) in [6.07, 6.45) is 2.36. The Kier molecular flexibility index (Phi) is 2.80. The van der Waals surface area contributed by atoms with E-state index in [0.717, 1.165) is 40.3 Å². The molecule has 1 aliphatic heterocycles. The molecule has 1 atom stereocenters. The zero-order valence-electron chi connectivity index (χ0n) is 9.59. The highest BCUT2D eigenvalue weighted by molar-refractivity contribution is 9.10. The minimum atomic E-state index is 0.377. The van der Waals surface area contributed by atoms with Gasteiger partial charge in [-0.15, -0.1) is 0 Å². The Balaban J connectivity index is 1.97. The van der Waals surface area contributed by atoms with Crippen LogP contribution >= 0.6 is 15.9 Å². The Morgan fingerprint density at radius 1 is 1.47 bits per heavy atom. The molecule has 2 aromatic heterocycles. The zero-order valence-corrected chi connectivity index (χ0v) is 11.2. The smallest absolute Gasteiger partial charge is 0.155 e. The Morgan fingerprint density at radius 2 is 2.35 bits per heavy atom. The summed E-state index contributed by atoms with van der Waals surface area (Å²) in [5.74, 6) is 1.70. The summed E-state index contributed by atoms with van der Waals surface area (Å²) >= 11 is 3.61. The Hall–Kier alpha value is -1.07. The summed E-state index contributed by atoms with van der Waals surface area (Å²) in [5, 5.41) is 10.9. The van der Waals surface area contributed by atoms with Gasteiger partial charge in [-0.3, -0.25) is 5.10 Å². The average Bonchev–Trinajstić information content (AvgIpc) is 2.98. The summed E-state index contributed by atoms with van der Waals surface area (Å²) in [6, 6.07) is 4.27. The second-order valence-electron chi connectivity index (χ2n) is 4.36. The number of hydrogen-bond acceptors (Lipinski definition) is 3. The van der Waals surface area contributed by atoms with Crippen molar-refractivity contribution < 1.29 is 4.42 Å². The van der Waals surface area contributed by atoms with Gasteiger partial charge in [0, 0.05) is 0 Å². The molecule has 0 aromatic carbocycles. The van der Waals surface area contributed by atoms with Crippen LogP contribution in [0.2, 0.25) is 0 Å². The fourth-order valence-electron chi connectivity index (χ4n) is 2.23. The molecule has 17 heavy (non-hydrogen) atoms. The molecule has 3 heterocycles. The van der Waals surface area contributed by atoms with E-state index in [1.54, 1.807) is 0 Å². The molecule has 1 aliphatic rings. The highest BCUT2D eigenvalue weighted by Gasteiger charge is 2.24. The zero-order chi connectivity index (χ0) is 11.8. The van der Waals surface area contributed by atoms with Gasteiger partial charge in [-0.25, -0.2) is 0 Å². The highest BCUT2D eigenvalue weighted by atomic mass is 79.9. The minimum absolute atomic E-state index is 0.377. The third kappa shape index (κ3) is 1.93. The van der Waals surface area contributed by atoms with Crippen LogP contribution in [-0.2, 0) is 0 Å². The lowest BCUT2D eigenvalue weighted by Crippen LogP contribution is -2.13. The van der Waals surface area contributed by atoms with Crippen LogP contribution in [0.25, 0.3) is 11.5 Å². The van der Waals surface area contributed by atoms with E-state index in [0.29, 0.717) is 6.04 Å². The fourth-order valence-corrected chi connectivity index (χ4v) is 2.88. The number of aryl methyl sites for hydroxylation is 1. The minimum Gasteiger partial charge on any atom is -0.460 e. The van der Waals surface area contributed by atoms with Gasteiger partial charge in [0.2, 0.25) is 0 Å². The second-order valence-corrected chi connectivity index (χ2v) is 5.15. The van der Waals surface area contributed by atoms with E-state index in [-0.39, 0.29) is 0 Å². The van der Waals surface area contributed by atoms with Crippen LogP contribution in [0.15, 0.2) is 21.0 Å². The standard InChI is InChI=1S/C12H14BrN3O/c1-7-4-5-9(17-7)12-10(13)11(15-16-12)8-3-2-6-14-8/h4-5,8,14H,2-3,6H2,1H3,(H,15,16). The fraction of sp³-hybridized carbons (Fsp3) is 0.417. The number of nitrogens with zero attached hydrogens (tertiary/aromatic N) is 1. The molecular formula is C12H14BrN3O. The number of aromatic amines is 1. The third-order valence-corrected chi connectivity index (χ3v) is 3.92. The van der Waals surface area contributed by atoms with Crippen LogP contribution in [0.1, 0.15) is 30.3 Å². The second kappa shape index (κ2) is 4.31. The monoisotopic (exact) mass is 295 g/mol. The first-order chi connectivity index (χ1) is 8.25. The van der Waals surface area contributed by atoms with Crippen molar-refractivity contribution >= 4 is 15.9 Å². The number of nitrogens with one attached hydrogen (secondary N) is 2. The number of hydrogen-bond donors (Lipinski definition) is 2. The number of rotatable bonds is 2. The van der Waals surface area contributed by atoms with Crippen LogP contribution in [-0.4, -0.2) is 16.7 Å². The van der Waals surface area contributed by atoms with Gasteiger partial charge in [-0.1, -0.05) is 0 Å². The van der Waals surface area contributed by atoms with Crippen molar-refractivity contribution in [3.8, 4) is 11.5 Å². The molecule has 0 aliphatic carbocycles. The number of aromatic nitrogens is 2. The van der Waals surface area contributed by atoms with Crippen LogP contribution in [0.3, 0.4) is 0 Å². The van der Waals surface area contributed by atoms with Crippen LogP contribution in [0.4, 0.5) is 0 Å². The Morgan fingerprint density at radius 3 is 3.00 bits per heavy atom. The molecule has 1 fully saturated rings. The maximum absolute atomic E-state index is 5.59.